The van der Waals surface area contributed by atoms with Gasteiger partial charge in [-0.3, -0.25) is 19.6 Å². The van der Waals surface area contributed by atoms with E-state index < -0.39 is 0 Å². The van der Waals surface area contributed by atoms with Crippen LogP contribution in [-0.2, 0) is 11.3 Å². The lowest BCUT2D eigenvalue weighted by molar-refractivity contribution is -0.126. The molecule has 1 N–H and O–H groups in total. The zero-order chi connectivity index (χ0) is 15.5. The molecular formula is C17H26N4O. The molecule has 0 radical (unpaired) electrons. The van der Waals surface area contributed by atoms with Gasteiger partial charge in [0.15, 0.2) is 0 Å². The molecule has 1 aromatic rings. The molecule has 0 bridgehead atoms. The van der Waals surface area contributed by atoms with E-state index in [9.17, 15) is 4.79 Å². The minimum absolute atomic E-state index is 0.0108. The Morgan fingerprint density at radius 2 is 2.05 bits per heavy atom. The molecule has 2 fully saturated rings. The molecule has 1 aliphatic carbocycles. The first kappa shape index (κ1) is 15.4. The highest BCUT2D eigenvalue weighted by Crippen LogP contribution is 2.19. The van der Waals surface area contributed by atoms with E-state index in [1.807, 2.05) is 19.3 Å². The number of amides is 1. The number of hydrogen-bond donors (Lipinski definition) is 1. The molecule has 2 heterocycles. The van der Waals surface area contributed by atoms with Crippen molar-refractivity contribution in [2.75, 3.05) is 26.2 Å². The van der Waals surface area contributed by atoms with Crippen molar-refractivity contribution in [2.45, 2.75) is 45.3 Å². The number of nitrogens with zero attached hydrogens (tertiary/aromatic N) is 3. The summed E-state index contributed by atoms with van der Waals surface area (Å²) >= 11 is 0. The van der Waals surface area contributed by atoms with Gasteiger partial charge in [-0.1, -0.05) is 6.07 Å². The van der Waals surface area contributed by atoms with Crippen LogP contribution in [-0.4, -0.2) is 59.0 Å². The summed E-state index contributed by atoms with van der Waals surface area (Å²) in [6.45, 7) is 8.98. The fourth-order valence-electron chi connectivity index (χ4n) is 2.99. The lowest BCUT2D eigenvalue weighted by Gasteiger charge is -2.37. The topological polar surface area (TPSA) is 48.5 Å². The standard InChI is InChI=1S/C17H26N4O/c1-13-9-15(11-18-10-13)12-20-5-7-21(8-6-20)14(2)17(22)19-16-3-4-16/h9-11,14,16H,3-8,12H2,1-2H3,(H,19,22). The highest BCUT2D eigenvalue weighted by molar-refractivity contribution is 5.81. The van der Waals surface area contributed by atoms with E-state index in [4.69, 9.17) is 0 Å². The SMILES string of the molecule is Cc1cncc(CN2CCN(C(C)C(=O)NC3CC3)CC2)c1. The summed E-state index contributed by atoms with van der Waals surface area (Å²) in [4.78, 5) is 21.1. The van der Waals surface area contributed by atoms with E-state index in [0.717, 1.165) is 45.6 Å². The van der Waals surface area contributed by atoms with E-state index in [2.05, 4.69) is 33.1 Å². The fraction of sp³-hybridized carbons (Fsp3) is 0.647. The summed E-state index contributed by atoms with van der Waals surface area (Å²) in [6, 6.07) is 2.64. The first-order valence-corrected chi connectivity index (χ1v) is 8.29. The predicted octanol–water partition coefficient (Wildman–Crippen LogP) is 1.17. The van der Waals surface area contributed by atoms with Crippen LogP contribution >= 0.6 is 0 Å². The number of carbonyl (C=O) groups excluding carboxylic acids is 1. The molecule has 3 rings (SSSR count). The Kier molecular flexibility index (Phi) is 4.74. The number of aromatic nitrogens is 1. The Labute approximate surface area is 132 Å². The van der Waals surface area contributed by atoms with Gasteiger partial charge in [-0.25, -0.2) is 0 Å². The van der Waals surface area contributed by atoms with Gasteiger partial charge in [0.05, 0.1) is 6.04 Å². The van der Waals surface area contributed by atoms with Crippen molar-refractivity contribution in [3.63, 3.8) is 0 Å². The minimum atomic E-state index is -0.0108. The Balaban J connectivity index is 1.46. The smallest absolute Gasteiger partial charge is 0.237 e. The maximum absolute atomic E-state index is 12.1. The van der Waals surface area contributed by atoms with Crippen LogP contribution in [0, 0.1) is 6.92 Å². The van der Waals surface area contributed by atoms with Gasteiger partial charge in [-0.15, -0.1) is 0 Å². The van der Waals surface area contributed by atoms with Gasteiger partial charge >= 0.3 is 0 Å². The second kappa shape index (κ2) is 6.75. The van der Waals surface area contributed by atoms with Crippen LogP contribution in [0.15, 0.2) is 18.5 Å². The summed E-state index contributed by atoms with van der Waals surface area (Å²) in [6.07, 6.45) is 6.14. The van der Waals surface area contributed by atoms with Crippen LogP contribution in [0.3, 0.4) is 0 Å². The summed E-state index contributed by atoms with van der Waals surface area (Å²) in [7, 11) is 0. The van der Waals surface area contributed by atoms with Crippen LogP contribution in [0.25, 0.3) is 0 Å². The molecule has 1 aliphatic heterocycles. The maximum Gasteiger partial charge on any atom is 0.237 e. The average Bonchev–Trinajstić information content (AvgIpc) is 3.31. The summed E-state index contributed by atoms with van der Waals surface area (Å²) in [5.74, 6) is 0.193. The van der Waals surface area contributed by atoms with Crippen LogP contribution in [0.1, 0.15) is 30.9 Å². The predicted molar refractivity (Wildman–Crippen MR) is 86.5 cm³/mol. The third-order valence-corrected chi connectivity index (χ3v) is 4.60. The van der Waals surface area contributed by atoms with Gasteiger partial charge in [-0.05, 0) is 37.8 Å². The van der Waals surface area contributed by atoms with Crippen LogP contribution < -0.4 is 5.32 Å². The monoisotopic (exact) mass is 302 g/mol. The summed E-state index contributed by atoms with van der Waals surface area (Å²) in [5, 5.41) is 3.11. The largest absolute Gasteiger partial charge is 0.352 e. The van der Waals surface area contributed by atoms with E-state index in [-0.39, 0.29) is 11.9 Å². The normalized spacial score (nSPS) is 21.5. The number of hydrogen-bond acceptors (Lipinski definition) is 4. The third-order valence-electron chi connectivity index (χ3n) is 4.60. The van der Waals surface area contributed by atoms with Crippen molar-refractivity contribution < 1.29 is 4.79 Å². The molecule has 1 saturated carbocycles. The zero-order valence-electron chi connectivity index (χ0n) is 13.6. The van der Waals surface area contributed by atoms with E-state index in [1.54, 1.807) is 0 Å². The van der Waals surface area contributed by atoms with Gasteiger partial charge in [0.1, 0.15) is 0 Å². The molecule has 120 valence electrons. The van der Waals surface area contributed by atoms with E-state index in [0.29, 0.717) is 6.04 Å². The van der Waals surface area contributed by atoms with Gasteiger partial charge in [0.25, 0.3) is 0 Å². The number of carbonyl (C=O) groups is 1. The second-order valence-corrected chi connectivity index (χ2v) is 6.64. The van der Waals surface area contributed by atoms with Crippen LogP contribution in [0.2, 0.25) is 0 Å². The summed E-state index contributed by atoms with van der Waals surface area (Å²) < 4.78 is 0. The quantitative estimate of drug-likeness (QED) is 0.887. The van der Waals surface area contributed by atoms with Gasteiger partial charge in [0.2, 0.25) is 5.91 Å². The number of pyridine rings is 1. The van der Waals surface area contributed by atoms with Crippen LogP contribution in [0.4, 0.5) is 0 Å². The molecule has 2 aliphatic rings. The fourth-order valence-corrected chi connectivity index (χ4v) is 2.99. The lowest BCUT2D eigenvalue weighted by Crippen LogP contribution is -2.53. The Bertz CT molecular complexity index is 521. The zero-order valence-corrected chi connectivity index (χ0v) is 13.6. The number of nitrogens with one attached hydrogen (secondary N) is 1. The molecule has 1 aromatic heterocycles. The van der Waals surface area contributed by atoms with Crippen molar-refractivity contribution in [2.24, 2.45) is 0 Å². The lowest BCUT2D eigenvalue weighted by atomic mass is 10.1. The second-order valence-electron chi connectivity index (χ2n) is 6.64. The Morgan fingerprint density at radius 1 is 1.32 bits per heavy atom. The van der Waals surface area contributed by atoms with Gasteiger partial charge in [0, 0.05) is 51.2 Å². The van der Waals surface area contributed by atoms with Crippen molar-refractivity contribution >= 4 is 5.91 Å². The van der Waals surface area contributed by atoms with Crippen molar-refractivity contribution in [3.8, 4) is 0 Å². The molecule has 1 unspecified atom stereocenters. The highest BCUT2D eigenvalue weighted by Gasteiger charge is 2.29. The molecule has 1 atom stereocenters. The number of rotatable bonds is 5. The Morgan fingerprint density at radius 3 is 2.68 bits per heavy atom. The Hall–Kier alpha value is -1.46. The molecule has 0 aromatic carbocycles. The third kappa shape index (κ3) is 4.05. The van der Waals surface area contributed by atoms with E-state index in [1.165, 1.54) is 11.1 Å². The molecule has 1 amide bonds. The highest BCUT2D eigenvalue weighted by atomic mass is 16.2. The number of aryl methyl sites for hydroxylation is 1. The first-order chi connectivity index (χ1) is 10.6. The minimum Gasteiger partial charge on any atom is -0.352 e. The average molecular weight is 302 g/mol. The molecule has 22 heavy (non-hydrogen) atoms. The molecule has 5 heteroatoms. The first-order valence-electron chi connectivity index (χ1n) is 8.29. The molecule has 1 saturated heterocycles. The molecule has 0 spiro atoms. The van der Waals surface area contributed by atoms with Crippen molar-refractivity contribution in [1.82, 2.24) is 20.1 Å². The van der Waals surface area contributed by atoms with E-state index >= 15 is 0 Å². The summed E-state index contributed by atoms with van der Waals surface area (Å²) in [5.41, 5.74) is 2.48. The van der Waals surface area contributed by atoms with Crippen molar-refractivity contribution in [1.29, 1.82) is 0 Å². The van der Waals surface area contributed by atoms with Crippen molar-refractivity contribution in [3.05, 3.63) is 29.6 Å². The molecule has 5 nitrogen and oxygen atoms in total. The van der Waals surface area contributed by atoms with Gasteiger partial charge in [-0.2, -0.15) is 0 Å². The number of piperazine rings is 1. The maximum atomic E-state index is 12.1. The van der Waals surface area contributed by atoms with Gasteiger partial charge < -0.3 is 5.32 Å². The van der Waals surface area contributed by atoms with Crippen LogP contribution in [0.5, 0.6) is 0 Å². The molecular weight excluding hydrogens is 276 g/mol.